The lowest BCUT2D eigenvalue weighted by Gasteiger charge is -2.23. The predicted octanol–water partition coefficient (Wildman–Crippen LogP) is 6.49. The molecule has 0 aliphatic heterocycles. The highest BCUT2D eigenvalue weighted by Gasteiger charge is 2.21. The predicted molar refractivity (Wildman–Crippen MR) is 109 cm³/mol. The maximum atomic E-state index is 11.6. The van der Waals surface area contributed by atoms with Crippen LogP contribution < -0.4 is 0 Å². The molecule has 0 aliphatic rings. The van der Waals surface area contributed by atoms with Crippen molar-refractivity contribution in [3.05, 3.63) is 12.7 Å². The third kappa shape index (κ3) is 16.8. The quantitative estimate of drug-likeness (QED) is 0.166. The minimum atomic E-state index is -3.38. The molecule has 0 aromatic rings. The summed E-state index contributed by atoms with van der Waals surface area (Å²) in [4.78, 5) is 0. The lowest BCUT2D eigenvalue weighted by molar-refractivity contribution is 0.146. The van der Waals surface area contributed by atoms with E-state index in [0.29, 0.717) is 11.8 Å². The first kappa shape index (κ1) is 24.7. The zero-order valence-electron chi connectivity index (χ0n) is 17.1. The number of unbranched alkanes of at least 4 members (excludes halogenated alkanes) is 6. The van der Waals surface area contributed by atoms with Crippen molar-refractivity contribution < 1.29 is 12.6 Å². The molecule has 0 aromatic heterocycles. The average Bonchev–Trinajstić information content (AvgIpc) is 2.50. The molecule has 0 N–H and O–H groups in total. The molecule has 0 radical (unpaired) electrons. The largest absolute Gasteiger partial charge is 0.267 e. The van der Waals surface area contributed by atoms with E-state index in [-0.39, 0.29) is 6.10 Å². The molecule has 0 amide bonds. The first-order valence-corrected chi connectivity index (χ1v) is 12.1. The van der Waals surface area contributed by atoms with Crippen LogP contribution >= 0.6 is 0 Å². The highest BCUT2D eigenvalue weighted by atomic mass is 32.2. The van der Waals surface area contributed by atoms with Crippen molar-refractivity contribution in [2.45, 2.75) is 104 Å². The molecule has 1 unspecified atom stereocenters. The molecule has 0 saturated heterocycles. The summed E-state index contributed by atoms with van der Waals surface area (Å²) in [6.07, 6.45) is 16.8. The Morgan fingerprint density at radius 2 is 1.44 bits per heavy atom. The Kier molecular flexibility index (Phi) is 14.6. The second-order valence-electron chi connectivity index (χ2n) is 7.88. The minimum absolute atomic E-state index is 0.163. The summed E-state index contributed by atoms with van der Waals surface area (Å²) in [5, 5.41) is 0. The number of hydrogen-bond acceptors (Lipinski definition) is 3. The molecular formula is C21H42O3S. The molecule has 0 bridgehead atoms. The van der Waals surface area contributed by atoms with E-state index < -0.39 is 10.1 Å². The summed E-state index contributed by atoms with van der Waals surface area (Å²) in [6, 6.07) is 0. The fourth-order valence-electron chi connectivity index (χ4n) is 3.42. The van der Waals surface area contributed by atoms with Gasteiger partial charge in [-0.15, -0.1) is 6.58 Å². The standard InChI is InChI=1S/C21H42O3S/c1-6-8-10-11-12-13-14-16-20(4)18-21(24-25(5,22)23)17-19(3)15-9-7-2/h6,19-21H,1,7-18H2,2-5H3/t19-,20-,21?/m0/s1. The van der Waals surface area contributed by atoms with E-state index in [1.807, 2.05) is 6.08 Å². The molecule has 0 fully saturated rings. The van der Waals surface area contributed by atoms with Gasteiger partial charge in [-0.3, -0.25) is 4.18 Å². The Hall–Kier alpha value is -0.350. The normalized spacial score (nSPS) is 15.7. The van der Waals surface area contributed by atoms with Crippen LogP contribution in [0.1, 0.15) is 97.8 Å². The lowest BCUT2D eigenvalue weighted by atomic mass is 9.90. The Labute approximate surface area is 157 Å². The second kappa shape index (κ2) is 14.8. The number of allylic oxidation sites excluding steroid dienone is 1. The van der Waals surface area contributed by atoms with Crippen LogP contribution in [0.25, 0.3) is 0 Å². The van der Waals surface area contributed by atoms with E-state index in [1.165, 1.54) is 51.2 Å². The van der Waals surface area contributed by atoms with E-state index in [0.717, 1.165) is 32.1 Å². The molecule has 0 spiro atoms. The Balaban J connectivity index is 4.17. The summed E-state index contributed by atoms with van der Waals surface area (Å²) in [5.74, 6) is 1.03. The highest BCUT2D eigenvalue weighted by molar-refractivity contribution is 7.86. The first-order valence-electron chi connectivity index (χ1n) is 10.3. The molecular weight excluding hydrogens is 332 g/mol. The Morgan fingerprint density at radius 1 is 0.920 bits per heavy atom. The van der Waals surface area contributed by atoms with E-state index in [1.54, 1.807) is 0 Å². The van der Waals surface area contributed by atoms with Crippen LogP contribution in [-0.4, -0.2) is 20.8 Å². The first-order chi connectivity index (χ1) is 11.8. The van der Waals surface area contributed by atoms with Crippen molar-refractivity contribution in [2.75, 3.05) is 6.26 Å². The molecule has 0 rings (SSSR count). The molecule has 150 valence electrons. The van der Waals surface area contributed by atoms with Crippen LogP contribution in [0.2, 0.25) is 0 Å². The van der Waals surface area contributed by atoms with Crippen molar-refractivity contribution in [1.82, 2.24) is 0 Å². The van der Waals surface area contributed by atoms with Crippen LogP contribution in [0.3, 0.4) is 0 Å². The van der Waals surface area contributed by atoms with Gasteiger partial charge in [0.1, 0.15) is 0 Å². The molecule has 0 heterocycles. The van der Waals surface area contributed by atoms with Crippen LogP contribution in [0.5, 0.6) is 0 Å². The SMILES string of the molecule is C=CCCCCCCC[C@H](C)CC(C[C@@H](C)CCCC)OS(C)(=O)=O. The summed E-state index contributed by atoms with van der Waals surface area (Å²) in [5.41, 5.74) is 0. The topological polar surface area (TPSA) is 43.4 Å². The van der Waals surface area contributed by atoms with Crippen LogP contribution in [-0.2, 0) is 14.3 Å². The third-order valence-corrected chi connectivity index (χ3v) is 5.42. The Morgan fingerprint density at radius 3 is 1.96 bits per heavy atom. The zero-order valence-corrected chi connectivity index (χ0v) is 18.0. The van der Waals surface area contributed by atoms with Crippen molar-refractivity contribution in [3.63, 3.8) is 0 Å². The van der Waals surface area contributed by atoms with Gasteiger partial charge in [-0.05, 0) is 37.5 Å². The van der Waals surface area contributed by atoms with Crippen LogP contribution in [0, 0.1) is 11.8 Å². The maximum Gasteiger partial charge on any atom is 0.264 e. The highest BCUT2D eigenvalue weighted by Crippen LogP contribution is 2.24. The van der Waals surface area contributed by atoms with Gasteiger partial charge < -0.3 is 0 Å². The van der Waals surface area contributed by atoms with Gasteiger partial charge in [0.15, 0.2) is 0 Å². The van der Waals surface area contributed by atoms with Gasteiger partial charge >= 0.3 is 0 Å². The van der Waals surface area contributed by atoms with E-state index in [2.05, 4.69) is 27.4 Å². The molecule has 4 heteroatoms. The van der Waals surface area contributed by atoms with Gasteiger partial charge in [0, 0.05) is 0 Å². The fourth-order valence-corrected chi connectivity index (χ4v) is 4.07. The summed E-state index contributed by atoms with van der Waals surface area (Å²) in [7, 11) is -3.38. The molecule has 3 atom stereocenters. The van der Waals surface area contributed by atoms with E-state index in [4.69, 9.17) is 4.18 Å². The summed E-state index contributed by atoms with van der Waals surface area (Å²) in [6.45, 7) is 10.4. The Bertz CT molecular complexity index is 417. The maximum absolute atomic E-state index is 11.6. The molecule has 25 heavy (non-hydrogen) atoms. The van der Waals surface area contributed by atoms with Crippen LogP contribution in [0.4, 0.5) is 0 Å². The van der Waals surface area contributed by atoms with Crippen molar-refractivity contribution in [3.8, 4) is 0 Å². The molecule has 0 saturated carbocycles. The third-order valence-electron chi connectivity index (χ3n) is 4.80. The molecule has 0 aliphatic carbocycles. The summed E-state index contributed by atoms with van der Waals surface area (Å²) < 4.78 is 28.5. The molecule has 0 aromatic carbocycles. The van der Waals surface area contributed by atoms with Crippen molar-refractivity contribution >= 4 is 10.1 Å². The average molecular weight is 375 g/mol. The van der Waals surface area contributed by atoms with Gasteiger partial charge in [0.2, 0.25) is 0 Å². The second-order valence-corrected chi connectivity index (χ2v) is 9.48. The van der Waals surface area contributed by atoms with E-state index >= 15 is 0 Å². The number of hydrogen-bond donors (Lipinski definition) is 0. The van der Waals surface area contributed by atoms with Crippen molar-refractivity contribution in [1.29, 1.82) is 0 Å². The van der Waals surface area contributed by atoms with Crippen LogP contribution in [0.15, 0.2) is 12.7 Å². The van der Waals surface area contributed by atoms with E-state index in [9.17, 15) is 8.42 Å². The lowest BCUT2D eigenvalue weighted by Crippen LogP contribution is -2.23. The van der Waals surface area contributed by atoms with Crippen molar-refractivity contribution in [2.24, 2.45) is 11.8 Å². The minimum Gasteiger partial charge on any atom is -0.267 e. The zero-order chi connectivity index (χ0) is 19.1. The summed E-state index contributed by atoms with van der Waals surface area (Å²) >= 11 is 0. The van der Waals surface area contributed by atoms with Gasteiger partial charge in [0.25, 0.3) is 10.1 Å². The van der Waals surface area contributed by atoms with Gasteiger partial charge in [-0.1, -0.05) is 78.2 Å². The number of rotatable bonds is 17. The van der Waals surface area contributed by atoms with Gasteiger partial charge in [-0.25, -0.2) is 0 Å². The smallest absolute Gasteiger partial charge is 0.264 e. The van der Waals surface area contributed by atoms with Gasteiger partial charge in [-0.2, -0.15) is 8.42 Å². The monoisotopic (exact) mass is 374 g/mol. The van der Waals surface area contributed by atoms with Gasteiger partial charge in [0.05, 0.1) is 12.4 Å². The fraction of sp³-hybridized carbons (Fsp3) is 0.905. The molecule has 3 nitrogen and oxygen atoms in total.